The van der Waals surface area contributed by atoms with Crippen molar-refractivity contribution in [2.75, 3.05) is 18.4 Å². The third kappa shape index (κ3) is 4.03. The van der Waals surface area contributed by atoms with Gasteiger partial charge in [-0.3, -0.25) is 14.4 Å². The van der Waals surface area contributed by atoms with Crippen LogP contribution in [-0.4, -0.2) is 41.9 Å². The number of nitrogens with one attached hydrogen (secondary N) is 1. The number of hydrogen-bond donors (Lipinski definition) is 2. The molecule has 1 aromatic rings. The first-order valence-corrected chi connectivity index (χ1v) is 7.26. The molecular weight excluding hydrogens is 327 g/mol. The number of anilines is 1. The summed E-state index contributed by atoms with van der Waals surface area (Å²) < 4.78 is 37.1. The normalized spacial score (nSPS) is 15.9. The summed E-state index contributed by atoms with van der Waals surface area (Å²) in [6, 6.07) is 6.19. The number of nitrogens with two attached hydrogens (primary N) is 1. The van der Waals surface area contributed by atoms with Gasteiger partial charge in [0, 0.05) is 19.0 Å². The number of rotatable bonds is 3. The zero-order valence-corrected chi connectivity index (χ0v) is 12.6. The van der Waals surface area contributed by atoms with Crippen molar-refractivity contribution in [3.8, 4) is 0 Å². The molecule has 3 amide bonds. The Balaban J connectivity index is 1.97. The van der Waals surface area contributed by atoms with E-state index in [0.29, 0.717) is 4.90 Å². The van der Waals surface area contributed by atoms with E-state index in [0.717, 1.165) is 0 Å². The van der Waals surface area contributed by atoms with Crippen LogP contribution in [0.1, 0.15) is 23.2 Å². The molecule has 6 nitrogen and oxygen atoms in total. The van der Waals surface area contributed by atoms with Gasteiger partial charge in [0.1, 0.15) is 0 Å². The Morgan fingerprint density at radius 2 is 1.71 bits per heavy atom. The summed E-state index contributed by atoms with van der Waals surface area (Å²) >= 11 is 0. The molecule has 130 valence electrons. The minimum atomic E-state index is -4.91. The second kappa shape index (κ2) is 6.90. The summed E-state index contributed by atoms with van der Waals surface area (Å²) in [6.45, 7) is -0.290. The zero-order valence-electron chi connectivity index (χ0n) is 12.6. The van der Waals surface area contributed by atoms with Crippen molar-refractivity contribution >= 4 is 23.4 Å². The number of primary amides is 1. The summed E-state index contributed by atoms with van der Waals surface area (Å²) in [5, 5.41) is 2.57. The van der Waals surface area contributed by atoms with Crippen LogP contribution in [0.4, 0.5) is 18.9 Å². The highest BCUT2D eigenvalue weighted by Crippen LogP contribution is 2.25. The number of carbonyl (C=O) groups excluding carboxylic acids is 3. The summed E-state index contributed by atoms with van der Waals surface area (Å²) in [5.74, 6) is -3.54. The van der Waals surface area contributed by atoms with E-state index in [9.17, 15) is 27.6 Å². The van der Waals surface area contributed by atoms with E-state index in [2.05, 4.69) is 5.32 Å². The second-order valence-electron chi connectivity index (χ2n) is 5.46. The molecule has 1 aromatic carbocycles. The molecular formula is C15H16F3N3O3. The topological polar surface area (TPSA) is 92.5 Å². The second-order valence-corrected chi connectivity index (χ2v) is 5.46. The largest absolute Gasteiger partial charge is 0.471 e. The van der Waals surface area contributed by atoms with Crippen LogP contribution in [0.25, 0.3) is 0 Å². The van der Waals surface area contributed by atoms with Gasteiger partial charge in [0.15, 0.2) is 0 Å². The van der Waals surface area contributed by atoms with Gasteiger partial charge >= 0.3 is 12.1 Å². The molecule has 1 aliphatic rings. The molecule has 0 atom stereocenters. The number of piperidine rings is 1. The molecule has 0 aliphatic carbocycles. The maximum atomic E-state index is 12.4. The van der Waals surface area contributed by atoms with Crippen molar-refractivity contribution in [3.63, 3.8) is 0 Å². The molecule has 0 radical (unpaired) electrons. The van der Waals surface area contributed by atoms with Crippen LogP contribution in [0.15, 0.2) is 24.3 Å². The van der Waals surface area contributed by atoms with Crippen molar-refractivity contribution in [2.45, 2.75) is 19.0 Å². The fourth-order valence-electron chi connectivity index (χ4n) is 2.57. The number of likely N-dealkylation sites (tertiary alicyclic amines) is 1. The third-order valence-corrected chi connectivity index (χ3v) is 3.85. The van der Waals surface area contributed by atoms with Crippen LogP contribution in [0.3, 0.4) is 0 Å². The molecule has 0 aromatic heterocycles. The molecule has 1 saturated heterocycles. The average Bonchev–Trinajstić information content (AvgIpc) is 2.53. The van der Waals surface area contributed by atoms with Crippen LogP contribution in [0.2, 0.25) is 0 Å². The highest BCUT2D eigenvalue weighted by atomic mass is 19.4. The average molecular weight is 343 g/mol. The first-order chi connectivity index (χ1) is 11.2. The minimum absolute atomic E-state index is 0.117. The summed E-state index contributed by atoms with van der Waals surface area (Å²) in [6.07, 6.45) is -4.67. The van der Waals surface area contributed by atoms with Gasteiger partial charge in [0.25, 0.3) is 5.91 Å². The fourth-order valence-corrected chi connectivity index (χ4v) is 2.57. The molecule has 0 bridgehead atoms. The number of para-hydroxylation sites is 1. The van der Waals surface area contributed by atoms with Crippen LogP contribution in [0, 0.1) is 5.92 Å². The van der Waals surface area contributed by atoms with Crippen LogP contribution >= 0.6 is 0 Å². The van der Waals surface area contributed by atoms with Crippen LogP contribution in [0.5, 0.6) is 0 Å². The van der Waals surface area contributed by atoms with Crippen molar-refractivity contribution in [1.29, 1.82) is 0 Å². The highest BCUT2D eigenvalue weighted by molar-refractivity contribution is 6.03. The van der Waals surface area contributed by atoms with E-state index in [4.69, 9.17) is 5.73 Å². The number of carbonyl (C=O) groups is 3. The maximum Gasteiger partial charge on any atom is 0.471 e. The van der Waals surface area contributed by atoms with Crippen LogP contribution < -0.4 is 11.1 Å². The standard InChI is InChI=1S/C15H16F3N3O3/c16-15(17,18)14(24)21-7-5-9(6-8-21)13(23)20-11-4-2-1-3-10(11)12(19)22/h1-4,9H,5-8H2,(H2,19,22)(H,20,23). The number of benzene rings is 1. The van der Waals surface area contributed by atoms with Gasteiger partial charge in [-0.05, 0) is 25.0 Å². The van der Waals surface area contributed by atoms with Gasteiger partial charge < -0.3 is 16.0 Å². The minimum Gasteiger partial charge on any atom is -0.366 e. The van der Waals surface area contributed by atoms with Crippen molar-refractivity contribution in [2.24, 2.45) is 11.7 Å². The lowest BCUT2D eigenvalue weighted by atomic mass is 9.95. The molecule has 1 fully saturated rings. The Hall–Kier alpha value is -2.58. The van der Waals surface area contributed by atoms with E-state index in [1.165, 1.54) is 12.1 Å². The van der Waals surface area contributed by atoms with Gasteiger partial charge in [0.05, 0.1) is 11.3 Å². The van der Waals surface area contributed by atoms with Crippen LogP contribution in [-0.2, 0) is 9.59 Å². The molecule has 3 N–H and O–H groups in total. The summed E-state index contributed by atoms with van der Waals surface area (Å²) in [7, 11) is 0. The SMILES string of the molecule is NC(=O)c1ccccc1NC(=O)C1CCN(C(=O)C(F)(F)F)CC1. The Morgan fingerprint density at radius 3 is 2.25 bits per heavy atom. The van der Waals surface area contributed by atoms with E-state index >= 15 is 0 Å². The Morgan fingerprint density at radius 1 is 1.12 bits per heavy atom. The third-order valence-electron chi connectivity index (χ3n) is 3.85. The van der Waals surface area contributed by atoms with E-state index in [-0.39, 0.29) is 37.2 Å². The predicted molar refractivity (Wildman–Crippen MR) is 78.9 cm³/mol. The molecule has 0 unspecified atom stereocenters. The summed E-state index contributed by atoms with van der Waals surface area (Å²) in [5.41, 5.74) is 5.62. The first kappa shape index (κ1) is 17.8. The monoisotopic (exact) mass is 343 g/mol. The fraction of sp³-hybridized carbons (Fsp3) is 0.400. The molecule has 9 heteroatoms. The van der Waals surface area contributed by atoms with E-state index in [1.54, 1.807) is 12.1 Å². The molecule has 0 spiro atoms. The number of alkyl halides is 3. The lowest BCUT2D eigenvalue weighted by Gasteiger charge is -2.31. The van der Waals surface area contributed by atoms with Gasteiger partial charge in [0.2, 0.25) is 5.91 Å². The van der Waals surface area contributed by atoms with Gasteiger partial charge in [-0.1, -0.05) is 12.1 Å². The van der Waals surface area contributed by atoms with Gasteiger partial charge in [-0.25, -0.2) is 0 Å². The number of nitrogens with zero attached hydrogens (tertiary/aromatic N) is 1. The molecule has 24 heavy (non-hydrogen) atoms. The smallest absolute Gasteiger partial charge is 0.366 e. The quantitative estimate of drug-likeness (QED) is 0.872. The highest BCUT2D eigenvalue weighted by Gasteiger charge is 2.43. The summed E-state index contributed by atoms with van der Waals surface area (Å²) in [4.78, 5) is 35.4. The lowest BCUT2D eigenvalue weighted by Crippen LogP contribution is -2.46. The molecule has 1 heterocycles. The Labute approximate surface area is 135 Å². The molecule has 1 aliphatic heterocycles. The maximum absolute atomic E-state index is 12.4. The Kier molecular flexibility index (Phi) is 5.10. The molecule has 2 rings (SSSR count). The van der Waals surface area contributed by atoms with Crippen molar-refractivity contribution < 1.29 is 27.6 Å². The predicted octanol–water partition coefficient (Wildman–Crippen LogP) is 1.52. The number of halogens is 3. The van der Waals surface area contributed by atoms with Gasteiger partial charge in [-0.15, -0.1) is 0 Å². The first-order valence-electron chi connectivity index (χ1n) is 7.26. The van der Waals surface area contributed by atoms with Crippen molar-refractivity contribution in [1.82, 2.24) is 4.90 Å². The van der Waals surface area contributed by atoms with Gasteiger partial charge in [-0.2, -0.15) is 13.2 Å². The number of hydrogen-bond acceptors (Lipinski definition) is 3. The van der Waals surface area contributed by atoms with E-state index in [1.807, 2.05) is 0 Å². The van der Waals surface area contributed by atoms with E-state index < -0.39 is 29.8 Å². The Bertz CT molecular complexity index is 653. The lowest BCUT2D eigenvalue weighted by molar-refractivity contribution is -0.186. The zero-order chi connectivity index (χ0) is 17.9. The molecule has 0 saturated carbocycles. The van der Waals surface area contributed by atoms with Crippen molar-refractivity contribution in [3.05, 3.63) is 29.8 Å². The number of amides is 3.